The molecule has 0 bridgehead atoms. The van der Waals surface area contributed by atoms with Gasteiger partial charge in [0, 0.05) is 5.56 Å². The maximum absolute atomic E-state index is 12.1. The first-order valence-electron chi connectivity index (χ1n) is 7.95. The lowest BCUT2D eigenvalue weighted by Gasteiger charge is -2.19. The molecule has 0 saturated heterocycles. The Labute approximate surface area is 138 Å². The van der Waals surface area contributed by atoms with Crippen molar-refractivity contribution in [3.8, 4) is 5.75 Å². The topological polar surface area (TPSA) is 38.3 Å². The second kappa shape index (κ2) is 7.32. The molecule has 0 fully saturated rings. The second-order valence-electron chi connectivity index (χ2n) is 6.70. The molecule has 122 valence electrons. The normalized spacial score (nSPS) is 11.1. The monoisotopic (exact) mass is 311 g/mol. The quantitative estimate of drug-likeness (QED) is 0.844. The zero-order valence-electron chi connectivity index (χ0n) is 14.3. The molecule has 1 amide bonds. The van der Waals surface area contributed by atoms with Gasteiger partial charge in [-0.2, -0.15) is 0 Å². The number of benzene rings is 2. The van der Waals surface area contributed by atoms with Crippen LogP contribution in [0.2, 0.25) is 0 Å². The highest BCUT2D eigenvalue weighted by atomic mass is 16.5. The van der Waals surface area contributed by atoms with Gasteiger partial charge in [0.05, 0.1) is 6.54 Å². The van der Waals surface area contributed by atoms with E-state index in [0.29, 0.717) is 18.7 Å². The van der Waals surface area contributed by atoms with Gasteiger partial charge in [0.1, 0.15) is 12.4 Å². The van der Waals surface area contributed by atoms with Crippen molar-refractivity contribution < 1.29 is 9.53 Å². The van der Waals surface area contributed by atoms with Crippen molar-refractivity contribution in [3.05, 3.63) is 65.2 Å². The average molecular weight is 311 g/mol. The summed E-state index contributed by atoms with van der Waals surface area (Å²) in [4.78, 5) is 12.1. The van der Waals surface area contributed by atoms with E-state index in [4.69, 9.17) is 4.74 Å². The minimum Gasteiger partial charge on any atom is -0.492 e. The van der Waals surface area contributed by atoms with Crippen LogP contribution in [0.4, 0.5) is 0 Å². The number of hydrogen-bond donors (Lipinski definition) is 1. The molecule has 0 unspecified atom stereocenters. The molecular formula is C20H25NO2. The summed E-state index contributed by atoms with van der Waals surface area (Å²) in [6.07, 6.45) is 0. The SMILES string of the molecule is Cc1ccccc1C(=O)NCCOc1cccc(C(C)(C)C)c1. The summed E-state index contributed by atoms with van der Waals surface area (Å²) in [6, 6.07) is 15.7. The second-order valence-corrected chi connectivity index (χ2v) is 6.70. The lowest BCUT2D eigenvalue weighted by Crippen LogP contribution is -2.28. The number of hydrogen-bond acceptors (Lipinski definition) is 2. The van der Waals surface area contributed by atoms with E-state index in [1.807, 2.05) is 43.3 Å². The number of rotatable bonds is 5. The van der Waals surface area contributed by atoms with Crippen molar-refractivity contribution in [2.45, 2.75) is 33.1 Å². The molecule has 0 radical (unpaired) electrons. The van der Waals surface area contributed by atoms with Gasteiger partial charge in [0.25, 0.3) is 5.91 Å². The van der Waals surface area contributed by atoms with Gasteiger partial charge in [-0.15, -0.1) is 0 Å². The van der Waals surface area contributed by atoms with Crippen LogP contribution in [-0.2, 0) is 5.41 Å². The number of ether oxygens (including phenoxy) is 1. The molecule has 3 heteroatoms. The van der Waals surface area contributed by atoms with Gasteiger partial charge >= 0.3 is 0 Å². The van der Waals surface area contributed by atoms with Crippen molar-refractivity contribution in [3.63, 3.8) is 0 Å². The molecule has 23 heavy (non-hydrogen) atoms. The Bertz CT molecular complexity index is 671. The van der Waals surface area contributed by atoms with Gasteiger partial charge in [0.2, 0.25) is 0 Å². The summed E-state index contributed by atoms with van der Waals surface area (Å²) in [5.74, 6) is 0.776. The van der Waals surface area contributed by atoms with Crippen molar-refractivity contribution >= 4 is 5.91 Å². The maximum atomic E-state index is 12.1. The fourth-order valence-electron chi connectivity index (χ4n) is 2.31. The van der Waals surface area contributed by atoms with Crippen LogP contribution in [0.5, 0.6) is 5.75 Å². The number of nitrogens with one attached hydrogen (secondary N) is 1. The molecular weight excluding hydrogens is 286 g/mol. The first-order chi connectivity index (χ1) is 10.9. The molecule has 0 atom stereocenters. The molecule has 0 aromatic heterocycles. The summed E-state index contributed by atoms with van der Waals surface area (Å²) in [5, 5.41) is 2.89. The Balaban J connectivity index is 1.84. The van der Waals surface area contributed by atoms with Gasteiger partial charge in [-0.25, -0.2) is 0 Å². The highest BCUT2D eigenvalue weighted by Crippen LogP contribution is 2.25. The fourth-order valence-corrected chi connectivity index (χ4v) is 2.31. The van der Waals surface area contributed by atoms with Crippen LogP contribution in [0.25, 0.3) is 0 Å². The molecule has 0 saturated carbocycles. The minimum absolute atomic E-state index is 0.0601. The van der Waals surface area contributed by atoms with Crippen LogP contribution in [0.15, 0.2) is 48.5 Å². The van der Waals surface area contributed by atoms with Gasteiger partial charge in [-0.05, 0) is 41.7 Å². The van der Waals surface area contributed by atoms with E-state index in [1.54, 1.807) is 0 Å². The van der Waals surface area contributed by atoms with Crippen molar-refractivity contribution in [1.82, 2.24) is 5.32 Å². The Morgan fingerprint density at radius 1 is 1.09 bits per heavy atom. The van der Waals surface area contributed by atoms with Crippen LogP contribution in [0, 0.1) is 6.92 Å². The molecule has 2 aromatic rings. The smallest absolute Gasteiger partial charge is 0.251 e. The minimum atomic E-state index is -0.0601. The van der Waals surface area contributed by atoms with E-state index in [2.05, 4.69) is 38.2 Å². The van der Waals surface area contributed by atoms with E-state index in [-0.39, 0.29) is 11.3 Å². The molecule has 0 aliphatic carbocycles. The van der Waals surface area contributed by atoms with E-state index in [0.717, 1.165) is 11.3 Å². The molecule has 0 heterocycles. The zero-order chi connectivity index (χ0) is 16.9. The van der Waals surface area contributed by atoms with Crippen molar-refractivity contribution in [1.29, 1.82) is 0 Å². The number of carbonyl (C=O) groups is 1. The Morgan fingerprint density at radius 2 is 1.83 bits per heavy atom. The van der Waals surface area contributed by atoms with E-state index >= 15 is 0 Å². The summed E-state index contributed by atoms with van der Waals surface area (Å²) < 4.78 is 5.74. The lowest BCUT2D eigenvalue weighted by atomic mass is 9.87. The van der Waals surface area contributed by atoms with Crippen LogP contribution in [0.3, 0.4) is 0 Å². The lowest BCUT2D eigenvalue weighted by molar-refractivity contribution is 0.0946. The van der Waals surface area contributed by atoms with E-state index in [9.17, 15) is 4.79 Å². The third-order valence-corrected chi connectivity index (χ3v) is 3.75. The molecule has 3 nitrogen and oxygen atoms in total. The Kier molecular flexibility index (Phi) is 5.43. The molecule has 0 spiro atoms. The molecule has 2 aromatic carbocycles. The van der Waals surface area contributed by atoms with Gasteiger partial charge in [0.15, 0.2) is 0 Å². The third kappa shape index (κ3) is 4.85. The van der Waals surface area contributed by atoms with Crippen molar-refractivity contribution in [2.24, 2.45) is 0 Å². The third-order valence-electron chi connectivity index (χ3n) is 3.75. The average Bonchev–Trinajstić information content (AvgIpc) is 2.51. The highest BCUT2D eigenvalue weighted by Gasteiger charge is 2.14. The predicted molar refractivity (Wildman–Crippen MR) is 94.1 cm³/mol. The standard InChI is InChI=1S/C20H25NO2/c1-15-8-5-6-11-18(15)19(22)21-12-13-23-17-10-7-9-16(14-17)20(2,3)4/h5-11,14H,12-13H2,1-4H3,(H,21,22). The zero-order valence-corrected chi connectivity index (χ0v) is 14.3. The number of carbonyl (C=O) groups excluding carboxylic acids is 1. The van der Waals surface area contributed by atoms with Gasteiger partial charge < -0.3 is 10.1 Å². The van der Waals surface area contributed by atoms with Gasteiger partial charge in [-0.3, -0.25) is 4.79 Å². The van der Waals surface area contributed by atoms with Crippen LogP contribution in [0.1, 0.15) is 42.3 Å². The predicted octanol–water partition coefficient (Wildman–Crippen LogP) is 4.10. The van der Waals surface area contributed by atoms with Crippen LogP contribution >= 0.6 is 0 Å². The van der Waals surface area contributed by atoms with Crippen LogP contribution in [-0.4, -0.2) is 19.1 Å². The maximum Gasteiger partial charge on any atom is 0.251 e. The number of amides is 1. The molecule has 2 rings (SSSR count). The summed E-state index contributed by atoms with van der Waals surface area (Å²) in [7, 11) is 0. The first-order valence-corrected chi connectivity index (χ1v) is 7.95. The first kappa shape index (κ1) is 17.1. The molecule has 0 aliphatic rings. The summed E-state index contributed by atoms with van der Waals surface area (Å²) >= 11 is 0. The van der Waals surface area contributed by atoms with E-state index < -0.39 is 0 Å². The molecule has 1 N–H and O–H groups in total. The Morgan fingerprint density at radius 3 is 2.52 bits per heavy atom. The van der Waals surface area contributed by atoms with Gasteiger partial charge in [-0.1, -0.05) is 51.1 Å². The largest absolute Gasteiger partial charge is 0.492 e. The van der Waals surface area contributed by atoms with Crippen LogP contribution < -0.4 is 10.1 Å². The number of aryl methyl sites for hydroxylation is 1. The van der Waals surface area contributed by atoms with Crippen molar-refractivity contribution in [2.75, 3.05) is 13.2 Å². The fraction of sp³-hybridized carbons (Fsp3) is 0.350. The Hall–Kier alpha value is -2.29. The summed E-state index contributed by atoms with van der Waals surface area (Å²) in [6.45, 7) is 9.39. The van der Waals surface area contributed by atoms with E-state index in [1.165, 1.54) is 5.56 Å². The highest BCUT2D eigenvalue weighted by molar-refractivity contribution is 5.95. The summed E-state index contributed by atoms with van der Waals surface area (Å²) in [5.41, 5.74) is 3.02. The molecule has 0 aliphatic heterocycles.